The van der Waals surface area contributed by atoms with Crippen molar-refractivity contribution in [3.63, 3.8) is 0 Å². The predicted octanol–water partition coefficient (Wildman–Crippen LogP) is 3.38. The summed E-state index contributed by atoms with van der Waals surface area (Å²) in [6, 6.07) is 5.12. The first kappa shape index (κ1) is 19.0. The third-order valence-electron chi connectivity index (χ3n) is 4.86. The van der Waals surface area contributed by atoms with Gasteiger partial charge < -0.3 is 10.2 Å². The minimum atomic E-state index is -3.23. The minimum absolute atomic E-state index is 0.0681. The molecule has 1 aliphatic heterocycles. The highest BCUT2D eigenvalue weighted by molar-refractivity contribution is 9.09. The van der Waals surface area contributed by atoms with Crippen molar-refractivity contribution in [2.24, 2.45) is 5.92 Å². The second-order valence-corrected chi connectivity index (χ2v) is 11.3. The molecule has 1 aromatic rings. The summed E-state index contributed by atoms with van der Waals surface area (Å²) >= 11 is 5.13. The maximum absolute atomic E-state index is 12.4. The van der Waals surface area contributed by atoms with E-state index in [4.69, 9.17) is 0 Å². The van der Waals surface area contributed by atoms with Gasteiger partial charge in [0.25, 0.3) is 0 Å². The third-order valence-corrected chi connectivity index (χ3v) is 8.13. The molecule has 1 unspecified atom stereocenters. The molecular formula is C17H23BrN2O3S2. The smallest absolute Gasteiger partial charge is 0.222 e. The lowest BCUT2D eigenvalue weighted by Gasteiger charge is -2.26. The summed E-state index contributed by atoms with van der Waals surface area (Å²) in [6.07, 6.45) is 6.23. The zero-order valence-corrected chi connectivity index (χ0v) is 17.6. The van der Waals surface area contributed by atoms with Crippen LogP contribution < -0.4 is 10.2 Å². The van der Waals surface area contributed by atoms with Crippen LogP contribution in [-0.2, 0) is 14.6 Å². The summed E-state index contributed by atoms with van der Waals surface area (Å²) in [4.78, 5) is 16.2. The van der Waals surface area contributed by atoms with Crippen LogP contribution >= 0.6 is 27.7 Å². The van der Waals surface area contributed by atoms with Crippen molar-refractivity contribution in [2.45, 2.75) is 52.2 Å². The number of carbonyl (C=O) groups excluding carboxylic acids is 1. The van der Waals surface area contributed by atoms with Crippen molar-refractivity contribution in [1.82, 2.24) is 5.32 Å². The summed E-state index contributed by atoms with van der Waals surface area (Å²) < 4.78 is 23.4. The molecule has 3 rings (SSSR count). The van der Waals surface area contributed by atoms with Crippen molar-refractivity contribution in [3.05, 3.63) is 18.2 Å². The van der Waals surface area contributed by atoms with Crippen LogP contribution in [0.25, 0.3) is 0 Å². The number of sulfone groups is 1. The number of anilines is 1. The maximum Gasteiger partial charge on any atom is 0.222 e. The fourth-order valence-electron chi connectivity index (χ4n) is 3.35. The van der Waals surface area contributed by atoms with E-state index in [1.54, 1.807) is 12.1 Å². The Hall–Kier alpha value is -0.730. The zero-order valence-electron chi connectivity index (χ0n) is 14.4. The quantitative estimate of drug-likeness (QED) is 0.717. The third kappa shape index (κ3) is 4.52. The van der Waals surface area contributed by atoms with Gasteiger partial charge in [-0.05, 0) is 49.8 Å². The van der Waals surface area contributed by atoms with Crippen molar-refractivity contribution in [3.8, 4) is 0 Å². The van der Waals surface area contributed by atoms with Crippen molar-refractivity contribution >= 4 is 49.1 Å². The van der Waals surface area contributed by atoms with Crippen molar-refractivity contribution < 1.29 is 13.2 Å². The standard InChI is InChI=1S/C17H23BrN2O3S2/c1-20-14-8-7-13(25(2,22)23)10-15(14)24-17(20)19-16(21)9-11-3-5-12(18)6-4-11/h7-8,10-12,17H,3-6,9H2,1-2H3,(H,19,21). The van der Waals surface area contributed by atoms with Crippen molar-refractivity contribution in [1.29, 1.82) is 0 Å². The van der Waals surface area contributed by atoms with Gasteiger partial charge in [-0.15, -0.1) is 0 Å². The molecule has 25 heavy (non-hydrogen) atoms. The Balaban J connectivity index is 1.61. The van der Waals surface area contributed by atoms with E-state index in [0.29, 0.717) is 22.1 Å². The second kappa shape index (κ2) is 7.48. The van der Waals surface area contributed by atoms with Gasteiger partial charge in [0.1, 0.15) is 0 Å². The fourth-order valence-corrected chi connectivity index (χ4v) is 5.83. The minimum Gasteiger partial charge on any atom is -0.345 e. The van der Waals surface area contributed by atoms with E-state index in [-0.39, 0.29) is 11.4 Å². The van der Waals surface area contributed by atoms with Gasteiger partial charge in [-0.1, -0.05) is 27.7 Å². The number of benzene rings is 1. The first-order chi connectivity index (χ1) is 11.7. The Labute approximate surface area is 162 Å². The Bertz CT molecular complexity index is 761. The normalized spacial score (nSPS) is 26.4. The van der Waals surface area contributed by atoms with E-state index in [9.17, 15) is 13.2 Å². The number of nitrogens with zero attached hydrogens (tertiary/aromatic N) is 1. The number of amides is 1. The van der Waals surface area contributed by atoms with E-state index in [0.717, 1.165) is 36.3 Å². The van der Waals surface area contributed by atoms with Gasteiger partial charge in [0, 0.05) is 29.4 Å². The zero-order chi connectivity index (χ0) is 18.2. The number of carbonyl (C=O) groups is 1. The van der Waals surface area contributed by atoms with Gasteiger partial charge in [0.2, 0.25) is 5.91 Å². The van der Waals surface area contributed by atoms with Gasteiger partial charge in [0.15, 0.2) is 15.3 Å². The number of hydrogen-bond acceptors (Lipinski definition) is 5. The molecule has 0 saturated heterocycles. The van der Waals surface area contributed by atoms with Crippen LogP contribution in [0.1, 0.15) is 32.1 Å². The van der Waals surface area contributed by atoms with Gasteiger partial charge in [-0.2, -0.15) is 0 Å². The number of rotatable bonds is 4. The molecule has 1 fully saturated rings. The number of thioether (sulfide) groups is 1. The molecule has 1 atom stereocenters. The molecule has 1 aromatic carbocycles. The van der Waals surface area contributed by atoms with Crippen LogP contribution in [0.4, 0.5) is 5.69 Å². The average Bonchev–Trinajstić information content (AvgIpc) is 2.84. The summed E-state index contributed by atoms with van der Waals surface area (Å²) in [6.45, 7) is 0. The topological polar surface area (TPSA) is 66.5 Å². The summed E-state index contributed by atoms with van der Waals surface area (Å²) in [7, 11) is -1.31. The van der Waals surface area contributed by atoms with E-state index in [1.165, 1.54) is 18.0 Å². The summed E-state index contributed by atoms with van der Waals surface area (Å²) in [5.74, 6) is 0.531. The summed E-state index contributed by atoms with van der Waals surface area (Å²) in [5, 5.41) is 3.08. The van der Waals surface area contributed by atoms with Crippen LogP contribution in [0.2, 0.25) is 0 Å². The molecule has 0 radical (unpaired) electrons. The number of hydrogen-bond donors (Lipinski definition) is 1. The molecule has 1 aliphatic carbocycles. The Morgan fingerprint density at radius 1 is 1.32 bits per heavy atom. The maximum atomic E-state index is 12.4. The van der Waals surface area contributed by atoms with Crippen LogP contribution in [0.15, 0.2) is 28.0 Å². The predicted molar refractivity (Wildman–Crippen MR) is 105 cm³/mol. The molecular weight excluding hydrogens is 424 g/mol. The van der Waals surface area contributed by atoms with Gasteiger partial charge in [0.05, 0.1) is 10.6 Å². The van der Waals surface area contributed by atoms with Crippen LogP contribution in [-0.4, -0.2) is 38.0 Å². The number of halogens is 1. The number of fused-ring (bicyclic) bond motifs is 1. The molecule has 2 aliphatic rings. The highest BCUT2D eigenvalue weighted by Gasteiger charge is 2.30. The first-order valence-electron chi connectivity index (χ1n) is 8.41. The van der Waals surface area contributed by atoms with Crippen LogP contribution in [0.5, 0.6) is 0 Å². The van der Waals surface area contributed by atoms with Crippen LogP contribution in [0, 0.1) is 5.92 Å². The second-order valence-electron chi connectivity index (χ2n) is 6.87. The molecule has 1 heterocycles. The number of nitrogens with one attached hydrogen (secondary N) is 1. The van der Waals surface area contributed by atoms with E-state index in [1.807, 2.05) is 18.0 Å². The molecule has 1 amide bonds. The Morgan fingerprint density at radius 2 is 2.00 bits per heavy atom. The summed E-state index contributed by atoms with van der Waals surface area (Å²) in [5.41, 5.74) is 0.757. The molecule has 1 saturated carbocycles. The van der Waals surface area contributed by atoms with E-state index >= 15 is 0 Å². The lowest BCUT2D eigenvalue weighted by Crippen LogP contribution is -2.42. The molecule has 8 heteroatoms. The first-order valence-corrected chi connectivity index (χ1v) is 12.1. The highest BCUT2D eigenvalue weighted by atomic mass is 79.9. The van der Waals surface area contributed by atoms with Crippen LogP contribution in [0.3, 0.4) is 0 Å². The molecule has 5 nitrogen and oxygen atoms in total. The lowest BCUT2D eigenvalue weighted by molar-refractivity contribution is -0.122. The Morgan fingerprint density at radius 3 is 2.64 bits per heavy atom. The Kier molecular flexibility index (Phi) is 5.70. The molecule has 0 aromatic heterocycles. The van der Waals surface area contributed by atoms with Crippen molar-refractivity contribution in [2.75, 3.05) is 18.2 Å². The average molecular weight is 447 g/mol. The fraction of sp³-hybridized carbons (Fsp3) is 0.588. The molecule has 138 valence electrons. The largest absolute Gasteiger partial charge is 0.345 e. The van der Waals surface area contributed by atoms with E-state index < -0.39 is 9.84 Å². The van der Waals surface area contributed by atoms with E-state index in [2.05, 4.69) is 21.2 Å². The number of alkyl halides is 1. The molecule has 0 spiro atoms. The van der Waals surface area contributed by atoms with Gasteiger partial charge in [-0.25, -0.2) is 8.42 Å². The molecule has 1 N–H and O–H groups in total. The van der Waals surface area contributed by atoms with Gasteiger partial charge >= 0.3 is 0 Å². The SMILES string of the molecule is CN1c2ccc(S(C)(=O)=O)cc2SC1NC(=O)CC1CCC(Br)CC1. The highest BCUT2D eigenvalue weighted by Crippen LogP contribution is 2.42. The lowest BCUT2D eigenvalue weighted by atomic mass is 9.87. The van der Waals surface area contributed by atoms with Gasteiger partial charge in [-0.3, -0.25) is 4.79 Å². The monoisotopic (exact) mass is 446 g/mol. The molecule has 0 bridgehead atoms.